The first-order chi connectivity index (χ1) is 13.9. The first kappa shape index (κ1) is 21.2. The Bertz CT molecular complexity index is 991. The van der Waals surface area contributed by atoms with Gasteiger partial charge in [-0.25, -0.2) is 0 Å². The van der Waals surface area contributed by atoms with Crippen molar-refractivity contribution >= 4 is 58.2 Å². The normalized spacial score (nSPS) is 15.1. The molecular weight excluding hydrogens is 437 g/mol. The SMILES string of the molecule is COC(=O)CN1C(=O)S/C(=C\c2ccc(OCc3ccc(Cl)cc3Cl)cc2)C1=O. The highest BCUT2D eigenvalue weighted by molar-refractivity contribution is 8.18. The van der Waals surface area contributed by atoms with Gasteiger partial charge in [-0.2, -0.15) is 0 Å². The number of hydrogen-bond donors (Lipinski definition) is 0. The van der Waals surface area contributed by atoms with Gasteiger partial charge in [-0.1, -0.05) is 41.4 Å². The molecule has 0 saturated carbocycles. The molecule has 0 aliphatic carbocycles. The van der Waals surface area contributed by atoms with E-state index in [9.17, 15) is 14.4 Å². The van der Waals surface area contributed by atoms with E-state index < -0.39 is 23.7 Å². The number of hydrogen-bond acceptors (Lipinski definition) is 6. The molecule has 1 heterocycles. The Morgan fingerprint density at radius 3 is 2.52 bits per heavy atom. The van der Waals surface area contributed by atoms with E-state index in [1.54, 1.807) is 48.5 Å². The monoisotopic (exact) mass is 451 g/mol. The molecule has 0 N–H and O–H groups in total. The number of benzene rings is 2. The fraction of sp³-hybridized carbons (Fsp3) is 0.150. The number of ether oxygens (including phenoxy) is 2. The molecule has 3 rings (SSSR count). The molecule has 1 fully saturated rings. The third-order valence-corrected chi connectivity index (χ3v) is 5.47. The van der Waals surface area contributed by atoms with Crippen LogP contribution in [0.5, 0.6) is 5.75 Å². The number of methoxy groups -OCH3 is 1. The molecule has 0 radical (unpaired) electrons. The summed E-state index contributed by atoms with van der Waals surface area (Å²) < 4.78 is 10.2. The largest absolute Gasteiger partial charge is 0.489 e. The van der Waals surface area contributed by atoms with Gasteiger partial charge in [0.15, 0.2) is 0 Å². The van der Waals surface area contributed by atoms with E-state index in [1.807, 2.05) is 0 Å². The number of rotatable bonds is 6. The lowest BCUT2D eigenvalue weighted by atomic mass is 10.2. The molecule has 29 heavy (non-hydrogen) atoms. The van der Waals surface area contributed by atoms with Gasteiger partial charge in [0.05, 0.1) is 12.0 Å². The number of nitrogens with zero attached hydrogens (tertiary/aromatic N) is 1. The van der Waals surface area contributed by atoms with Crippen LogP contribution in [0.4, 0.5) is 4.79 Å². The summed E-state index contributed by atoms with van der Waals surface area (Å²) in [6.07, 6.45) is 1.59. The van der Waals surface area contributed by atoms with Crippen molar-refractivity contribution in [3.8, 4) is 5.75 Å². The Morgan fingerprint density at radius 1 is 1.14 bits per heavy atom. The van der Waals surface area contributed by atoms with Crippen molar-refractivity contribution in [2.24, 2.45) is 0 Å². The predicted molar refractivity (Wildman–Crippen MR) is 112 cm³/mol. The first-order valence-corrected chi connectivity index (χ1v) is 9.93. The van der Waals surface area contributed by atoms with Crippen LogP contribution in [-0.4, -0.2) is 35.7 Å². The van der Waals surface area contributed by atoms with Gasteiger partial charge < -0.3 is 9.47 Å². The lowest BCUT2D eigenvalue weighted by Crippen LogP contribution is -2.34. The Hall–Kier alpha value is -2.48. The summed E-state index contributed by atoms with van der Waals surface area (Å²) >= 11 is 12.8. The van der Waals surface area contributed by atoms with Crippen LogP contribution in [0.2, 0.25) is 10.0 Å². The van der Waals surface area contributed by atoms with E-state index in [0.717, 1.165) is 22.2 Å². The third-order valence-electron chi connectivity index (χ3n) is 3.98. The van der Waals surface area contributed by atoms with E-state index in [0.29, 0.717) is 21.4 Å². The van der Waals surface area contributed by atoms with Gasteiger partial charge in [0.2, 0.25) is 0 Å². The number of amides is 2. The summed E-state index contributed by atoms with van der Waals surface area (Å²) in [5.74, 6) is -0.564. The summed E-state index contributed by atoms with van der Waals surface area (Å²) in [5.41, 5.74) is 1.52. The molecule has 0 bridgehead atoms. The topological polar surface area (TPSA) is 72.9 Å². The molecule has 6 nitrogen and oxygen atoms in total. The van der Waals surface area contributed by atoms with Crippen molar-refractivity contribution in [1.29, 1.82) is 0 Å². The maximum absolute atomic E-state index is 12.3. The number of halogens is 2. The molecule has 0 spiro atoms. The van der Waals surface area contributed by atoms with Gasteiger partial charge in [0.25, 0.3) is 11.1 Å². The number of esters is 1. The first-order valence-electron chi connectivity index (χ1n) is 8.36. The van der Waals surface area contributed by atoms with Crippen LogP contribution in [0.3, 0.4) is 0 Å². The van der Waals surface area contributed by atoms with Gasteiger partial charge in [0.1, 0.15) is 18.9 Å². The van der Waals surface area contributed by atoms with Crippen molar-refractivity contribution in [1.82, 2.24) is 4.90 Å². The summed E-state index contributed by atoms with van der Waals surface area (Å²) in [4.78, 5) is 36.7. The molecule has 2 aromatic rings. The van der Waals surface area contributed by atoms with Gasteiger partial charge in [-0.15, -0.1) is 0 Å². The van der Waals surface area contributed by atoms with E-state index in [4.69, 9.17) is 27.9 Å². The number of thioether (sulfide) groups is 1. The molecule has 1 aliphatic heterocycles. The van der Waals surface area contributed by atoms with Crippen molar-refractivity contribution < 1.29 is 23.9 Å². The second kappa shape index (κ2) is 9.35. The van der Waals surface area contributed by atoms with Crippen LogP contribution in [0, 0.1) is 0 Å². The standard InChI is InChI=1S/C20H15Cl2NO5S/c1-27-18(24)10-23-19(25)17(29-20(23)26)8-12-2-6-15(7-3-12)28-11-13-4-5-14(21)9-16(13)22/h2-9H,10-11H2,1H3/b17-8-. The van der Waals surface area contributed by atoms with Crippen LogP contribution < -0.4 is 4.74 Å². The fourth-order valence-electron chi connectivity index (χ4n) is 2.44. The molecule has 0 unspecified atom stereocenters. The second-order valence-corrected chi connectivity index (χ2v) is 7.77. The van der Waals surface area contributed by atoms with Crippen LogP contribution >= 0.6 is 35.0 Å². The van der Waals surface area contributed by atoms with E-state index >= 15 is 0 Å². The second-order valence-electron chi connectivity index (χ2n) is 5.94. The fourth-order valence-corrected chi connectivity index (χ4v) is 3.74. The zero-order valence-corrected chi connectivity index (χ0v) is 17.5. The van der Waals surface area contributed by atoms with E-state index in [-0.39, 0.29) is 11.5 Å². The van der Waals surface area contributed by atoms with Gasteiger partial charge >= 0.3 is 5.97 Å². The van der Waals surface area contributed by atoms with Crippen molar-refractivity contribution in [3.05, 3.63) is 68.5 Å². The van der Waals surface area contributed by atoms with Crippen LogP contribution in [0.15, 0.2) is 47.4 Å². The number of carbonyl (C=O) groups is 3. The molecule has 150 valence electrons. The lowest BCUT2D eigenvalue weighted by Gasteiger charge is -2.09. The quantitative estimate of drug-likeness (QED) is 0.464. The summed E-state index contributed by atoms with van der Waals surface area (Å²) in [5, 5.41) is 0.572. The minimum Gasteiger partial charge on any atom is -0.489 e. The number of imide groups is 1. The highest BCUT2D eigenvalue weighted by Crippen LogP contribution is 2.32. The van der Waals surface area contributed by atoms with Crippen LogP contribution in [0.25, 0.3) is 6.08 Å². The minimum atomic E-state index is -0.657. The number of carbonyl (C=O) groups excluding carboxylic acids is 3. The molecular formula is C20H15Cl2NO5S. The summed E-state index contributed by atoms with van der Waals surface area (Å²) in [6, 6.07) is 12.2. The molecule has 0 atom stereocenters. The zero-order valence-electron chi connectivity index (χ0n) is 15.2. The van der Waals surface area contributed by atoms with E-state index in [1.165, 1.54) is 7.11 Å². The average molecular weight is 452 g/mol. The maximum atomic E-state index is 12.3. The zero-order chi connectivity index (χ0) is 21.0. The Kier molecular flexibility index (Phi) is 6.84. The predicted octanol–water partition coefficient (Wildman–Crippen LogP) is 4.78. The third kappa shape index (κ3) is 5.32. The molecule has 9 heteroatoms. The molecule has 1 aliphatic rings. The summed E-state index contributed by atoms with van der Waals surface area (Å²) in [7, 11) is 1.20. The lowest BCUT2D eigenvalue weighted by molar-refractivity contribution is -0.143. The Labute approximate surface area is 181 Å². The Morgan fingerprint density at radius 2 is 1.86 bits per heavy atom. The highest BCUT2D eigenvalue weighted by Gasteiger charge is 2.36. The smallest absolute Gasteiger partial charge is 0.325 e. The van der Waals surface area contributed by atoms with Crippen molar-refractivity contribution in [2.45, 2.75) is 6.61 Å². The van der Waals surface area contributed by atoms with Crippen LogP contribution in [0.1, 0.15) is 11.1 Å². The Balaban J connectivity index is 1.65. The van der Waals surface area contributed by atoms with E-state index in [2.05, 4.69) is 4.74 Å². The highest BCUT2D eigenvalue weighted by atomic mass is 35.5. The van der Waals surface area contributed by atoms with Gasteiger partial charge in [-0.05, 0) is 47.7 Å². The molecule has 0 aromatic heterocycles. The maximum Gasteiger partial charge on any atom is 0.325 e. The minimum absolute atomic E-state index is 0.237. The van der Waals surface area contributed by atoms with Crippen molar-refractivity contribution in [3.63, 3.8) is 0 Å². The van der Waals surface area contributed by atoms with Crippen molar-refractivity contribution in [2.75, 3.05) is 13.7 Å². The van der Waals surface area contributed by atoms with Crippen LogP contribution in [-0.2, 0) is 20.9 Å². The molecule has 1 saturated heterocycles. The molecule has 2 aromatic carbocycles. The average Bonchev–Trinajstić information content (AvgIpc) is 2.95. The van der Waals surface area contributed by atoms with Gasteiger partial charge in [-0.3, -0.25) is 19.3 Å². The van der Waals surface area contributed by atoms with Gasteiger partial charge in [0, 0.05) is 15.6 Å². The molecule has 2 amide bonds. The summed E-state index contributed by atoms with van der Waals surface area (Å²) in [6.45, 7) is -0.125.